The summed E-state index contributed by atoms with van der Waals surface area (Å²) in [6.07, 6.45) is 4.68. The fourth-order valence-corrected chi connectivity index (χ4v) is 2.62. The molecular weight excluding hydrogens is 252 g/mol. The van der Waals surface area contributed by atoms with Gasteiger partial charge in [0, 0.05) is 12.6 Å². The van der Waals surface area contributed by atoms with Gasteiger partial charge in [0.15, 0.2) is 0 Å². The summed E-state index contributed by atoms with van der Waals surface area (Å²) in [5.74, 6) is 3.07. The second-order valence-electron chi connectivity index (χ2n) is 5.88. The maximum Gasteiger partial charge on any atom is 0.225 e. The van der Waals surface area contributed by atoms with Gasteiger partial charge in [-0.15, -0.1) is 0 Å². The minimum Gasteiger partial charge on any atom is -0.474 e. The molecule has 20 heavy (non-hydrogen) atoms. The molecule has 0 radical (unpaired) electrons. The van der Waals surface area contributed by atoms with E-state index in [4.69, 9.17) is 10.5 Å². The SMILES string of the molecule is CCCNc1cc(OC2CCC(C)C(C)C2)nc(N)n1. The van der Waals surface area contributed by atoms with Crippen molar-refractivity contribution in [1.82, 2.24) is 9.97 Å². The summed E-state index contributed by atoms with van der Waals surface area (Å²) in [6.45, 7) is 7.59. The number of hydrogen-bond acceptors (Lipinski definition) is 5. The average molecular weight is 278 g/mol. The number of rotatable bonds is 5. The summed E-state index contributed by atoms with van der Waals surface area (Å²) in [4.78, 5) is 8.35. The maximum atomic E-state index is 6.00. The maximum absolute atomic E-state index is 6.00. The highest BCUT2D eigenvalue weighted by Crippen LogP contribution is 2.31. The van der Waals surface area contributed by atoms with E-state index in [1.165, 1.54) is 6.42 Å². The van der Waals surface area contributed by atoms with Gasteiger partial charge in [-0.25, -0.2) is 0 Å². The van der Waals surface area contributed by atoms with Crippen molar-refractivity contribution in [3.8, 4) is 5.88 Å². The summed E-state index contributed by atoms with van der Waals surface area (Å²) < 4.78 is 6.00. The highest BCUT2D eigenvalue weighted by atomic mass is 16.5. The van der Waals surface area contributed by atoms with Crippen LogP contribution in [0, 0.1) is 11.8 Å². The molecule has 1 heterocycles. The first-order valence-corrected chi connectivity index (χ1v) is 7.63. The molecular formula is C15H26N4O. The Balaban J connectivity index is 1.99. The minimum atomic E-state index is 0.245. The van der Waals surface area contributed by atoms with E-state index in [0.29, 0.717) is 11.8 Å². The monoisotopic (exact) mass is 278 g/mol. The molecule has 5 nitrogen and oxygen atoms in total. The van der Waals surface area contributed by atoms with Gasteiger partial charge in [-0.05, 0) is 37.5 Å². The molecule has 0 bridgehead atoms. The molecule has 1 aliphatic carbocycles. The van der Waals surface area contributed by atoms with Crippen LogP contribution in [0.15, 0.2) is 6.07 Å². The van der Waals surface area contributed by atoms with Crippen LogP contribution in [0.3, 0.4) is 0 Å². The molecule has 0 amide bonds. The molecule has 1 saturated carbocycles. The molecule has 0 spiro atoms. The van der Waals surface area contributed by atoms with E-state index in [1.54, 1.807) is 0 Å². The zero-order valence-electron chi connectivity index (χ0n) is 12.7. The molecule has 1 aromatic rings. The van der Waals surface area contributed by atoms with E-state index in [1.807, 2.05) is 6.07 Å². The summed E-state index contributed by atoms with van der Waals surface area (Å²) in [6, 6.07) is 1.84. The number of aromatic nitrogens is 2. The Kier molecular flexibility index (Phi) is 5.04. The van der Waals surface area contributed by atoms with Crippen molar-refractivity contribution < 1.29 is 4.74 Å². The van der Waals surface area contributed by atoms with Gasteiger partial charge in [0.25, 0.3) is 0 Å². The number of nitrogens with zero attached hydrogens (tertiary/aromatic N) is 2. The number of ether oxygens (including phenoxy) is 1. The number of nitrogen functional groups attached to an aromatic ring is 1. The largest absolute Gasteiger partial charge is 0.474 e. The first-order chi connectivity index (χ1) is 9.58. The fourth-order valence-electron chi connectivity index (χ4n) is 2.62. The zero-order chi connectivity index (χ0) is 14.5. The summed E-state index contributed by atoms with van der Waals surface area (Å²) >= 11 is 0. The summed E-state index contributed by atoms with van der Waals surface area (Å²) in [7, 11) is 0. The highest BCUT2D eigenvalue weighted by Gasteiger charge is 2.26. The van der Waals surface area contributed by atoms with Gasteiger partial charge in [0.1, 0.15) is 11.9 Å². The lowest BCUT2D eigenvalue weighted by atomic mass is 9.80. The standard InChI is InChI=1S/C15H26N4O/c1-4-7-17-13-9-14(19-15(16)18-13)20-12-6-5-10(2)11(3)8-12/h9-12H,4-8H2,1-3H3,(H3,16,17,18,19). The molecule has 2 rings (SSSR count). The second kappa shape index (κ2) is 6.77. The van der Waals surface area contributed by atoms with Gasteiger partial charge < -0.3 is 15.8 Å². The number of nitrogens with two attached hydrogens (primary N) is 1. The van der Waals surface area contributed by atoms with Crippen molar-refractivity contribution in [3.05, 3.63) is 6.07 Å². The van der Waals surface area contributed by atoms with Gasteiger partial charge in [0.05, 0.1) is 0 Å². The van der Waals surface area contributed by atoms with Crippen LogP contribution in [0.2, 0.25) is 0 Å². The molecule has 3 atom stereocenters. The molecule has 5 heteroatoms. The van der Waals surface area contributed by atoms with E-state index in [9.17, 15) is 0 Å². The van der Waals surface area contributed by atoms with Crippen LogP contribution in [0.4, 0.5) is 11.8 Å². The molecule has 1 fully saturated rings. The Labute approximate surface area is 121 Å². The predicted molar refractivity (Wildman–Crippen MR) is 81.8 cm³/mol. The van der Waals surface area contributed by atoms with Gasteiger partial charge in [-0.1, -0.05) is 20.8 Å². The van der Waals surface area contributed by atoms with Crippen LogP contribution in [-0.2, 0) is 0 Å². The van der Waals surface area contributed by atoms with Crippen LogP contribution >= 0.6 is 0 Å². The predicted octanol–water partition coefficient (Wildman–Crippen LogP) is 3.08. The van der Waals surface area contributed by atoms with Crippen molar-refractivity contribution in [1.29, 1.82) is 0 Å². The third-order valence-electron chi connectivity index (χ3n) is 4.11. The molecule has 0 aliphatic heterocycles. The van der Waals surface area contributed by atoms with E-state index in [0.717, 1.165) is 37.5 Å². The third kappa shape index (κ3) is 3.99. The normalized spacial score (nSPS) is 26.2. The average Bonchev–Trinajstić information content (AvgIpc) is 2.40. The molecule has 3 N–H and O–H groups in total. The Morgan fingerprint density at radius 2 is 2.10 bits per heavy atom. The molecule has 0 saturated heterocycles. The minimum absolute atomic E-state index is 0.245. The number of anilines is 2. The van der Waals surface area contributed by atoms with Gasteiger partial charge in [0.2, 0.25) is 11.8 Å². The van der Waals surface area contributed by atoms with Gasteiger partial charge in [-0.3, -0.25) is 0 Å². The van der Waals surface area contributed by atoms with Crippen LogP contribution in [-0.4, -0.2) is 22.6 Å². The van der Waals surface area contributed by atoms with Crippen molar-refractivity contribution in [3.63, 3.8) is 0 Å². The fraction of sp³-hybridized carbons (Fsp3) is 0.733. The first kappa shape index (κ1) is 14.9. The Hall–Kier alpha value is -1.52. The number of hydrogen-bond donors (Lipinski definition) is 2. The van der Waals surface area contributed by atoms with E-state index < -0.39 is 0 Å². The van der Waals surface area contributed by atoms with Crippen LogP contribution in [0.5, 0.6) is 5.88 Å². The van der Waals surface area contributed by atoms with Crippen molar-refractivity contribution in [2.24, 2.45) is 11.8 Å². The van der Waals surface area contributed by atoms with Gasteiger partial charge >= 0.3 is 0 Å². The molecule has 0 aromatic carbocycles. The third-order valence-corrected chi connectivity index (χ3v) is 4.11. The molecule has 1 aliphatic rings. The van der Waals surface area contributed by atoms with E-state index in [-0.39, 0.29) is 12.1 Å². The van der Waals surface area contributed by atoms with Crippen LogP contribution in [0.25, 0.3) is 0 Å². The molecule has 112 valence electrons. The summed E-state index contributed by atoms with van der Waals surface area (Å²) in [5, 5.41) is 3.22. The van der Waals surface area contributed by atoms with Crippen LogP contribution < -0.4 is 15.8 Å². The lowest BCUT2D eigenvalue weighted by molar-refractivity contribution is 0.0965. The lowest BCUT2D eigenvalue weighted by Crippen LogP contribution is -2.29. The number of nitrogens with one attached hydrogen (secondary N) is 1. The Morgan fingerprint density at radius 1 is 1.30 bits per heavy atom. The van der Waals surface area contributed by atoms with Crippen LogP contribution in [0.1, 0.15) is 46.5 Å². The smallest absolute Gasteiger partial charge is 0.225 e. The Morgan fingerprint density at radius 3 is 2.80 bits per heavy atom. The van der Waals surface area contributed by atoms with Crippen molar-refractivity contribution in [2.45, 2.75) is 52.6 Å². The first-order valence-electron chi connectivity index (χ1n) is 7.63. The Bertz CT molecular complexity index is 438. The topological polar surface area (TPSA) is 73.1 Å². The molecule has 1 aromatic heterocycles. The van der Waals surface area contributed by atoms with E-state index in [2.05, 4.69) is 36.1 Å². The van der Waals surface area contributed by atoms with Crippen molar-refractivity contribution >= 4 is 11.8 Å². The van der Waals surface area contributed by atoms with Gasteiger partial charge in [-0.2, -0.15) is 9.97 Å². The lowest BCUT2D eigenvalue weighted by Gasteiger charge is -2.31. The van der Waals surface area contributed by atoms with Crippen molar-refractivity contribution in [2.75, 3.05) is 17.6 Å². The quantitative estimate of drug-likeness (QED) is 0.866. The van der Waals surface area contributed by atoms with E-state index >= 15 is 0 Å². The second-order valence-corrected chi connectivity index (χ2v) is 5.88. The highest BCUT2D eigenvalue weighted by molar-refractivity contribution is 5.42. The molecule has 3 unspecified atom stereocenters. The summed E-state index contributed by atoms with van der Waals surface area (Å²) in [5.41, 5.74) is 5.74. The zero-order valence-corrected chi connectivity index (χ0v) is 12.7.